The topological polar surface area (TPSA) is 78.9 Å². The van der Waals surface area contributed by atoms with E-state index in [1.165, 1.54) is 16.7 Å². The summed E-state index contributed by atoms with van der Waals surface area (Å²) in [5.74, 6) is -0.267. The number of rotatable bonds is 4. The van der Waals surface area contributed by atoms with Gasteiger partial charge in [0.2, 0.25) is 0 Å². The number of hydrogen-bond donors (Lipinski definition) is 2. The first kappa shape index (κ1) is 16.4. The fourth-order valence-electron chi connectivity index (χ4n) is 2.75. The summed E-state index contributed by atoms with van der Waals surface area (Å²) in [6.45, 7) is 5.21. The summed E-state index contributed by atoms with van der Waals surface area (Å²) in [5, 5.41) is 12.1. The molecule has 2 aliphatic heterocycles. The summed E-state index contributed by atoms with van der Waals surface area (Å²) < 4.78 is 5.58. The minimum absolute atomic E-state index is 0.0544. The highest BCUT2D eigenvalue weighted by Crippen LogP contribution is 2.34. The Kier molecular flexibility index (Phi) is 5.75. The number of urea groups is 1. The molecule has 6 nitrogen and oxygen atoms in total. The average molecular weight is 316 g/mol. The normalized spacial score (nSPS) is 29.7. The molecule has 0 aromatic rings. The number of carbonyl (C=O) groups excluding carboxylic acids is 1. The van der Waals surface area contributed by atoms with Crippen LogP contribution < -0.4 is 5.32 Å². The van der Waals surface area contributed by atoms with Crippen molar-refractivity contribution in [2.45, 2.75) is 50.6 Å². The predicted molar refractivity (Wildman–Crippen MR) is 81.3 cm³/mol. The molecule has 2 heterocycles. The second kappa shape index (κ2) is 7.35. The molecule has 2 amide bonds. The number of ether oxygens (including phenoxy) is 1. The van der Waals surface area contributed by atoms with Crippen molar-refractivity contribution in [3.05, 3.63) is 0 Å². The van der Waals surface area contributed by atoms with Gasteiger partial charge in [-0.05, 0) is 25.2 Å². The number of carboxylic acids is 1. The summed E-state index contributed by atoms with van der Waals surface area (Å²) >= 11 is 1.54. The van der Waals surface area contributed by atoms with Crippen LogP contribution in [0.4, 0.5) is 4.79 Å². The van der Waals surface area contributed by atoms with Crippen LogP contribution in [0.15, 0.2) is 0 Å². The number of aliphatic carboxylic acids is 1. The van der Waals surface area contributed by atoms with Gasteiger partial charge in [0.25, 0.3) is 0 Å². The molecule has 0 bridgehead atoms. The van der Waals surface area contributed by atoms with E-state index in [1.807, 2.05) is 13.8 Å². The van der Waals surface area contributed by atoms with Crippen molar-refractivity contribution in [2.24, 2.45) is 5.92 Å². The Morgan fingerprint density at radius 1 is 1.43 bits per heavy atom. The number of nitrogens with zero attached hydrogens (tertiary/aromatic N) is 1. The monoisotopic (exact) mass is 316 g/mol. The van der Waals surface area contributed by atoms with Crippen LogP contribution in [-0.2, 0) is 9.53 Å². The van der Waals surface area contributed by atoms with Crippen LogP contribution >= 0.6 is 11.8 Å². The fourth-order valence-corrected chi connectivity index (χ4v) is 4.22. The molecule has 7 heteroatoms. The Balaban J connectivity index is 1.94. The number of amides is 2. The highest BCUT2D eigenvalue weighted by atomic mass is 32.2. The molecule has 2 aliphatic rings. The Bertz CT molecular complexity index is 385. The van der Waals surface area contributed by atoms with E-state index in [2.05, 4.69) is 5.32 Å². The van der Waals surface area contributed by atoms with Crippen molar-refractivity contribution >= 4 is 23.8 Å². The van der Waals surface area contributed by atoms with Gasteiger partial charge >= 0.3 is 12.0 Å². The summed E-state index contributed by atoms with van der Waals surface area (Å²) in [4.78, 5) is 25.2. The zero-order chi connectivity index (χ0) is 15.4. The van der Waals surface area contributed by atoms with Crippen molar-refractivity contribution in [3.8, 4) is 0 Å². The standard InChI is InChI=1S/C14H24N2O4S/c1-9(2)12-16(11(8-21-12)13(17)18)14(19)15-7-10-5-3-4-6-20-10/h9-12H,3-8H2,1-2H3,(H,15,19)(H,17,18). The van der Waals surface area contributed by atoms with Crippen LogP contribution in [0.25, 0.3) is 0 Å². The lowest BCUT2D eigenvalue weighted by molar-refractivity contribution is -0.141. The third-order valence-electron chi connectivity index (χ3n) is 3.88. The molecule has 0 spiro atoms. The first-order chi connectivity index (χ1) is 10.0. The summed E-state index contributed by atoms with van der Waals surface area (Å²) in [7, 11) is 0. The molecular weight excluding hydrogens is 292 g/mol. The molecule has 3 atom stereocenters. The molecule has 0 saturated carbocycles. The summed E-state index contributed by atoms with van der Waals surface area (Å²) in [6.07, 6.45) is 3.19. The zero-order valence-corrected chi connectivity index (χ0v) is 13.4. The fraction of sp³-hybridized carbons (Fsp3) is 0.857. The van der Waals surface area contributed by atoms with Gasteiger partial charge in [0, 0.05) is 18.9 Å². The van der Waals surface area contributed by atoms with Crippen LogP contribution in [0.5, 0.6) is 0 Å². The Morgan fingerprint density at radius 2 is 2.19 bits per heavy atom. The highest BCUT2D eigenvalue weighted by molar-refractivity contribution is 8.00. The van der Waals surface area contributed by atoms with E-state index in [-0.39, 0.29) is 23.4 Å². The van der Waals surface area contributed by atoms with Gasteiger partial charge in [-0.2, -0.15) is 0 Å². The van der Waals surface area contributed by atoms with E-state index in [0.29, 0.717) is 12.3 Å². The minimum atomic E-state index is -0.935. The SMILES string of the molecule is CC(C)C1SCC(C(=O)O)N1C(=O)NCC1CCCCO1. The lowest BCUT2D eigenvalue weighted by atomic mass is 10.1. The summed E-state index contributed by atoms with van der Waals surface area (Å²) in [5.41, 5.74) is 0. The molecule has 0 aliphatic carbocycles. The van der Waals surface area contributed by atoms with E-state index < -0.39 is 12.0 Å². The number of nitrogens with one attached hydrogen (secondary N) is 1. The minimum Gasteiger partial charge on any atom is -0.480 e. The van der Waals surface area contributed by atoms with Gasteiger partial charge in [-0.25, -0.2) is 9.59 Å². The van der Waals surface area contributed by atoms with E-state index in [4.69, 9.17) is 4.74 Å². The molecule has 0 aromatic carbocycles. The number of carboxylic acid groups (broad SMARTS) is 1. The zero-order valence-electron chi connectivity index (χ0n) is 12.6. The Morgan fingerprint density at radius 3 is 2.76 bits per heavy atom. The molecule has 2 rings (SSSR count). The van der Waals surface area contributed by atoms with Gasteiger partial charge in [0.15, 0.2) is 0 Å². The molecule has 2 N–H and O–H groups in total. The van der Waals surface area contributed by atoms with E-state index in [1.54, 1.807) is 0 Å². The second-order valence-electron chi connectivity index (χ2n) is 5.90. The smallest absolute Gasteiger partial charge is 0.327 e. The molecule has 2 fully saturated rings. The number of carbonyl (C=O) groups is 2. The van der Waals surface area contributed by atoms with E-state index >= 15 is 0 Å². The maximum atomic E-state index is 12.4. The van der Waals surface area contributed by atoms with Crippen molar-refractivity contribution < 1.29 is 19.4 Å². The maximum Gasteiger partial charge on any atom is 0.327 e. The van der Waals surface area contributed by atoms with Crippen molar-refractivity contribution in [1.82, 2.24) is 10.2 Å². The Labute approximate surface area is 129 Å². The van der Waals surface area contributed by atoms with E-state index in [9.17, 15) is 14.7 Å². The molecule has 0 aromatic heterocycles. The van der Waals surface area contributed by atoms with Gasteiger partial charge in [-0.3, -0.25) is 4.90 Å². The highest BCUT2D eigenvalue weighted by Gasteiger charge is 2.42. The second-order valence-corrected chi connectivity index (χ2v) is 7.05. The lowest BCUT2D eigenvalue weighted by Crippen LogP contribution is -2.52. The third-order valence-corrected chi connectivity index (χ3v) is 5.50. The van der Waals surface area contributed by atoms with Gasteiger partial charge in [0.05, 0.1) is 11.5 Å². The molecule has 21 heavy (non-hydrogen) atoms. The quantitative estimate of drug-likeness (QED) is 0.826. The number of hydrogen-bond acceptors (Lipinski definition) is 4. The van der Waals surface area contributed by atoms with Gasteiger partial charge in [-0.15, -0.1) is 11.8 Å². The van der Waals surface area contributed by atoms with Crippen molar-refractivity contribution in [1.29, 1.82) is 0 Å². The van der Waals surface area contributed by atoms with Crippen molar-refractivity contribution in [2.75, 3.05) is 18.9 Å². The van der Waals surface area contributed by atoms with E-state index in [0.717, 1.165) is 25.9 Å². The average Bonchev–Trinajstić information content (AvgIpc) is 2.91. The third kappa shape index (κ3) is 4.03. The first-order valence-corrected chi connectivity index (χ1v) is 8.57. The largest absolute Gasteiger partial charge is 0.480 e. The first-order valence-electron chi connectivity index (χ1n) is 7.53. The molecule has 120 valence electrons. The van der Waals surface area contributed by atoms with Gasteiger partial charge in [-0.1, -0.05) is 13.8 Å². The van der Waals surface area contributed by atoms with Crippen LogP contribution in [0.3, 0.4) is 0 Å². The molecular formula is C14H24N2O4S. The van der Waals surface area contributed by atoms with Crippen LogP contribution in [0.2, 0.25) is 0 Å². The maximum absolute atomic E-state index is 12.4. The molecule has 0 radical (unpaired) electrons. The van der Waals surface area contributed by atoms with Crippen LogP contribution in [0, 0.1) is 5.92 Å². The van der Waals surface area contributed by atoms with Gasteiger partial charge < -0.3 is 15.2 Å². The van der Waals surface area contributed by atoms with Crippen molar-refractivity contribution in [3.63, 3.8) is 0 Å². The number of thioether (sulfide) groups is 1. The lowest BCUT2D eigenvalue weighted by Gasteiger charge is -2.31. The Hall–Kier alpha value is -0.950. The molecule has 3 unspecified atom stereocenters. The molecule has 2 saturated heterocycles. The van der Waals surface area contributed by atoms with Crippen LogP contribution in [-0.4, -0.2) is 58.4 Å². The van der Waals surface area contributed by atoms with Crippen LogP contribution in [0.1, 0.15) is 33.1 Å². The summed E-state index contributed by atoms with van der Waals surface area (Å²) in [6, 6.07) is -1.03. The predicted octanol–water partition coefficient (Wildman–Crippen LogP) is 1.75. The van der Waals surface area contributed by atoms with Gasteiger partial charge in [0.1, 0.15) is 6.04 Å².